The highest BCUT2D eigenvalue weighted by atomic mass is 16.5. The Morgan fingerprint density at radius 1 is 0.579 bits per heavy atom. The number of ether oxygens (including phenoxy) is 6. The van der Waals surface area contributed by atoms with Gasteiger partial charge < -0.3 is 28.4 Å². The lowest BCUT2D eigenvalue weighted by atomic mass is 9.76. The van der Waals surface area contributed by atoms with Crippen LogP contribution in [0.15, 0.2) is 60.7 Å². The lowest BCUT2D eigenvalue weighted by molar-refractivity contribution is 0.0458. The van der Waals surface area contributed by atoms with Gasteiger partial charge in [-0.25, -0.2) is 9.59 Å². The number of terminal acetylenes is 2. The number of hydrogen-bond donors (Lipinski definition) is 0. The Bertz CT molecular complexity index is 1190. The highest BCUT2D eigenvalue weighted by Gasteiger charge is 2.43. The molecule has 1 aromatic rings. The molecule has 2 aliphatic rings. The van der Waals surface area contributed by atoms with Crippen LogP contribution in [0.3, 0.4) is 0 Å². The predicted octanol–water partition coefficient (Wildman–Crippen LogP) is 3.23. The van der Waals surface area contributed by atoms with Gasteiger partial charge in [0.1, 0.15) is 11.2 Å². The third-order valence-corrected chi connectivity index (χ3v) is 6.94. The lowest BCUT2D eigenvalue weighted by Gasteiger charge is -2.37. The smallest absolute Gasteiger partial charge is 0.339 e. The summed E-state index contributed by atoms with van der Waals surface area (Å²) in [6.07, 6.45) is 24.5. The number of esters is 2. The topological polar surface area (TPSA) is 89.5 Å². The fraction of sp³-hybridized carbons (Fsp3) is 0.333. The van der Waals surface area contributed by atoms with Crippen LogP contribution in [0, 0.1) is 24.7 Å². The first kappa shape index (κ1) is 28.6. The van der Waals surface area contributed by atoms with Crippen LogP contribution in [0.4, 0.5) is 0 Å². The molecule has 0 fully saturated rings. The maximum atomic E-state index is 13.3. The molecule has 0 atom stereocenters. The number of methoxy groups -OCH3 is 6. The maximum Gasteiger partial charge on any atom is 0.339 e. The van der Waals surface area contributed by atoms with Gasteiger partial charge >= 0.3 is 11.9 Å². The van der Waals surface area contributed by atoms with Crippen molar-refractivity contribution in [1.82, 2.24) is 0 Å². The van der Waals surface area contributed by atoms with Crippen LogP contribution in [0.5, 0.6) is 0 Å². The van der Waals surface area contributed by atoms with Gasteiger partial charge in [-0.2, -0.15) is 0 Å². The van der Waals surface area contributed by atoms with E-state index in [1.807, 2.05) is 0 Å². The van der Waals surface area contributed by atoms with Crippen molar-refractivity contribution in [3.8, 4) is 24.7 Å². The van der Waals surface area contributed by atoms with E-state index in [2.05, 4.69) is 11.8 Å². The largest absolute Gasteiger partial charge is 0.465 e. The Balaban J connectivity index is 2.37. The van der Waals surface area contributed by atoms with E-state index in [1.54, 1.807) is 60.7 Å². The van der Waals surface area contributed by atoms with E-state index >= 15 is 0 Å². The van der Waals surface area contributed by atoms with Gasteiger partial charge in [0.2, 0.25) is 0 Å². The Kier molecular flexibility index (Phi) is 8.16. The molecule has 0 bridgehead atoms. The molecule has 3 rings (SSSR count). The molecule has 8 heteroatoms. The average molecular weight is 519 g/mol. The number of benzene rings is 1. The second-order valence-corrected chi connectivity index (χ2v) is 8.50. The summed E-state index contributed by atoms with van der Waals surface area (Å²) >= 11 is 0. The molecule has 0 unspecified atom stereocenters. The van der Waals surface area contributed by atoms with E-state index < -0.39 is 34.3 Å². The van der Waals surface area contributed by atoms with Crippen LogP contribution in [0.25, 0.3) is 0 Å². The first-order chi connectivity index (χ1) is 18.1. The summed E-state index contributed by atoms with van der Waals surface area (Å²) in [5, 5.41) is 0. The van der Waals surface area contributed by atoms with Crippen LogP contribution in [0.1, 0.15) is 31.8 Å². The molecule has 0 spiro atoms. The van der Waals surface area contributed by atoms with E-state index in [0.29, 0.717) is 11.1 Å². The van der Waals surface area contributed by atoms with Gasteiger partial charge in [-0.1, -0.05) is 24.0 Å². The van der Waals surface area contributed by atoms with Gasteiger partial charge in [0.15, 0.2) is 11.2 Å². The first-order valence-corrected chi connectivity index (χ1v) is 11.5. The van der Waals surface area contributed by atoms with E-state index in [9.17, 15) is 9.59 Å². The number of rotatable bonds is 8. The summed E-state index contributed by atoms with van der Waals surface area (Å²) in [7, 11) is 8.31. The molecule has 0 aliphatic heterocycles. The average Bonchev–Trinajstić information content (AvgIpc) is 2.99. The zero-order valence-corrected chi connectivity index (χ0v) is 22.2. The minimum atomic E-state index is -1.29. The lowest BCUT2D eigenvalue weighted by Crippen LogP contribution is -2.37. The van der Waals surface area contributed by atoms with E-state index in [-0.39, 0.29) is 11.1 Å². The van der Waals surface area contributed by atoms with Crippen molar-refractivity contribution in [2.24, 2.45) is 0 Å². The van der Waals surface area contributed by atoms with Crippen LogP contribution in [-0.4, -0.2) is 65.8 Å². The molecule has 8 nitrogen and oxygen atoms in total. The SMILES string of the molecule is C#CC1(OC)C=CC(OC)(c2ccc(C3(OC)C=CC(C#C)(OC)C=C3)c(C(=O)OC)c2C(=O)OC)C=C1. The number of carbonyl (C=O) groups is 2. The van der Waals surface area contributed by atoms with E-state index in [4.69, 9.17) is 41.3 Å². The molecule has 198 valence electrons. The molecular formula is C30H30O8. The molecule has 0 aromatic heterocycles. The van der Waals surface area contributed by atoms with Crippen LogP contribution >= 0.6 is 0 Å². The van der Waals surface area contributed by atoms with Gasteiger partial charge in [0.25, 0.3) is 0 Å². The Morgan fingerprint density at radius 3 is 1.11 bits per heavy atom. The van der Waals surface area contributed by atoms with Crippen molar-refractivity contribution in [2.75, 3.05) is 42.7 Å². The standard InChI is InChI=1S/C30H30O8/c1-9-27(35-5)13-17-29(37-7,18-14-27)21-11-12-22(24(26(32)34-4)23(21)25(31)33-3)30(38-8)19-15-28(10-2,36-6)16-20-30/h1-2,11-20H,3-8H3. The van der Waals surface area contributed by atoms with Gasteiger partial charge in [-0.05, 0) is 48.6 Å². The normalized spacial score (nSPS) is 29.4. The fourth-order valence-corrected chi connectivity index (χ4v) is 4.53. The monoisotopic (exact) mass is 518 g/mol. The molecule has 0 saturated carbocycles. The molecule has 0 saturated heterocycles. The van der Waals surface area contributed by atoms with Crippen molar-refractivity contribution >= 4 is 11.9 Å². The maximum absolute atomic E-state index is 13.3. The number of carbonyl (C=O) groups excluding carboxylic acids is 2. The van der Waals surface area contributed by atoms with Crippen molar-refractivity contribution in [2.45, 2.75) is 22.4 Å². The third kappa shape index (κ3) is 4.49. The second-order valence-electron chi connectivity index (χ2n) is 8.50. The first-order valence-electron chi connectivity index (χ1n) is 11.5. The summed E-state index contributed by atoms with van der Waals surface area (Å²) in [4.78, 5) is 26.7. The molecule has 0 heterocycles. The van der Waals surface area contributed by atoms with Crippen LogP contribution in [0.2, 0.25) is 0 Å². The molecule has 38 heavy (non-hydrogen) atoms. The molecule has 2 aliphatic carbocycles. The summed E-state index contributed by atoms with van der Waals surface area (Å²) in [6.45, 7) is 0. The molecule has 0 radical (unpaired) electrons. The van der Waals surface area contributed by atoms with E-state index in [0.717, 1.165) is 0 Å². The zero-order valence-electron chi connectivity index (χ0n) is 22.2. The quantitative estimate of drug-likeness (QED) is 0.295. The Hall–Kier alpha value is -3.92. The minimum absolute atomic E-state index is 0.0719. The summed E-state index contributed by atoms with van der Waals surface area (Å²) in [5.74, 6) is 3.58. The molecule has 1 aromatic carbocycles. The minimum Gasteiger partial charge on any atom is -0.465 e. The Morgan fingerprint density at radius 2 is 0.895 bits per heavy atom. The zero-order chi connectivity index (χ0) is 28.2. The number of hydrogen-bond acceptors (Lipinski definition) is 8. The summed E-state index contributed by atoms with van der Waals surface area (Å²) in [5.41, 5.74) is -4.30. The molecule has 0 amide bonds. The van der Waals surface area contributed by atoms with Crippen LogP contribution < -0.4 is 0 Å². The Labute approximate surface area is 222 Å². The molecular weight excluding hydrogens is 488 g/mol. The van der Waals surface area contributed by atoms with Crippen molar-refractivity contribution in [3.63, 3.8) is 0 Å². The van der Waals surface area contributed by atoms with Crippen molar-refractivity contribution in [3.05, 3.63) is 83.0 Å². The third-order valence-electron chi connectivity index (χ3n) is 6.94. The van der Waals surface area contributed by atoms with Crippen molar-refractivity contribution < 1.29 is 38.0 Å². The van der Waals surface area contributed by atoms with Gasteiger partial charge in [-0.15, -0.1) is 12.8 Å². The summed E-state index contributed by atoms with van der Waals surface area (Å²) < 4.78 is 32.9. The highest BCUT2D eigenvalue weighted by Crippen LogP contribution is 2.43. The molecule has 0 N–H and O–H groups in total. The van der Waals surface area contributed by atoms with E-state index in [1.165, 1.54) is 42.7 Å². The van der Waals surface area contributed by atoms with Gasteiger partial charge in [-0.3, -0.25) is 0 Å². The van der Waals surface area contributed by atoms with Gasteiger partial charge in [0, 0.05) is 39.6 Å². The highest BCUT2D eigenvalue weighted by molar-refractivity contribution is 6.06. The predicted molar refractivity (Wildman–Crippen MR) is 140 cm³/mol. The summed E-state index contributed by atoms with van der Waals surface area (Å²) in [6, 6.07) is 3.31. The van der Waals surface area contributed by atoms with Crippen molar-refractivity contribution in [1.29, 1.82) is 0 Å². The fourth-order valence-electron chi connectivity index (χ4n) is 4.53. The second kappa shape index (κ2) is 10.8. The van der Waals surface area contributed by atoms with Crippen LogP contribution in [-0.2, 0) is 39.6 Å². The van der Waals surface area contributed by atoms with Gasteiger partial charge in [0.05, 0.1) is 25.3 Å².